The lowest BCUT2D eigenvalue weighted by molar-refractivity contribution is -0.384. The SMILES string of the molecule is CN(CC1CCCC1)c1ccc(C(=O)O)cc1[N+](=O)[O-]. The molecule has 1 aliphatic rings. The minimum atomic E-state index is -1.15. The molecule has 0 radical (unpaired) electrons. The van der Waals surface area contributed by atoms with Crippen molar-refractivity contribution in [1.29, 1.82) is 0 Å². The Balaban J connectivity index is 2.24. The average Bonchev–Trinajstić information content (AvgIpc) is 2.90. The van der Waals surface area contributed by atoms with Crippen molar-refractivity contribution in [3.63, 3.8) is 0 Å². The lowest BCUT2D eigenvalue weighted by Crippen LogP contribution is -2.24. The smallest absolute Gasteiger partial charge is 0.335 e. The number of carbonyl (C=O) groups is 1. The van der Waals surface area contributed by atoms with Crippen molar-refractivity contribution in [2.45, 2.75) is 25.7 Å². The predicted octanol–water partition coefficient (Wildman–Crippen LogP) is 2.92. The molecule has 0 aromatic heterocycles. The first-order valence-corrected chi connectivity index (χ1v) is 6.72. The molecule has 1 N–H and O–H groups in total. The first kappa shape index (κ1) is 14.3. The van der Waals surface area contributed by atoms with Crippen LogP contribution in [0.25, 0.3) is 0 Å². The molecule has 0 atom stereocenters. The second-order valence-electron chi connectivity index (χ2n) is 5.30. The Morgan fingerprint density at radius 1 is 1.45 bits per heavy atom. The molecule has 1 aromatic rings. The van der Waals surface area contributed by atoms with Gasteiger partial charge in [0.1, 0.15) is 5.69 Å². The third-order valence-corrected chi connectivity index (χ3v) is 3.84. The fourth-order valence-corrected chi connectivity index (χ4v) is 2.80. The zero-order chi connectivity index (χ0) is 14.7. The zero-order valence-electron chi connectivity index (χ0n) is 11.4. The summed E-state index contributed by atoms with van der Waals surface area (Å²) in [5.74, 6) is -0.586. The van der Waals surface area contributed by atoms with Crippen molar-refractivity contribution in [3.8, 4) is 0 Å². The Hall–Kier alpha value is -2.11. The van der Waals surface area contributed by atoms with Gasteiger partial charge in [0, 0.05) is 19.7 Å². The van der Waals surface area contributed by atoms with Crippen LogP contribution in [0.3, 0.4) is 0 Å². The summed E-state index contributed by atoms with van der Waals surface area (Å²) in [6, 6.07) is 4.06. The van der Waals surface area contributed by atoms with E-state index in [1.807, 2.05) is 11.9 Å². The van der Waals surface area contributed by atoms with Crippen molar-refractivity contribution in [2.75, 3.05) is 18.5 Å². The minimum Gasteiger partial charge on any atom is -0.478 e. The Labute approximate surface area is 117 Å². The number of hydrogen-bond donors (Lipinski definition) is 1. The van der Waals surface area contributed by atoms with Crippen LogP contribution in [-0.4, -0.2) is 29.6 Å². The Morgan fingerprint density at radius 2 is 2.10 bits per heavy atom. The van der Waals surface area contributed by atoms with E-state index in [0.29, 0.717) is 11.6 Å². The topological polar surface area (TPSA) is 83.7 Å². The van der Waals surface area contributed by atoms with Crippen molar-refractivity contribution in [2.24, 2.45) is 5.92 Å². The summed E-state index contributed by atoms with van der Waals surface area (Å²) < 4.78 is 0. The highest BCUT2D eigenvalue weighted by Gasteiger charge is 2.23. The van der Waals surface area contributed by atoms with Gasteiger partial charge in [-0.1, -0.05) is 12.8 Å². The number of carboxylic acids is 1. The first-order valence-electron chi connectivity index (χ1n) is 6.72. The van der Waals surface area contributed by atoms with E-state index in [1.54, 1.807) is 0 Å². The van der Waals surface area contributed by atoms with Crippen LogP contribution < -0.4 is 4.90 Å². The zero-order valence-corrected chi connectivity index (χ0v) is 11.4. The van der Waals surface area contributed by atoms with E-state index in [1.165, 1.54) is 25.0 Å². The van der Waals surface area contributed by atoms with Crippen LogP contribution in [0.15, 0.2) is 18.2 Å². The summed E-state index contributed by atoms with van der Waals surface area (Å²) in [6.45, 7) is 0.771. The van der Waals surface area contributed by atoms with Gasteiger partial charge in [0.05, 0.1) is 10.5 Å². The molecule has 0 heterocycles. The Kier molecular flexibility index (Phi) is 4.22. The molecule has 20 heavy (non-hydrogen) atoms. The maximum absolute atomic E-state index is 11.1. The Bertz CT molecular complexity index is 524. The monoisotopic (exact) mass is 278 g/mol. The van der Waals surface area contributed by atoms with E-state index in [0.717, 1.165) is 25.5 Å². The molecule has 6 heteroatoms. The number of benzene rings is 1. The van der Waals surface area contributed by atoms with Gasteiger partial charge in [-0.05, 0) is 30.9 Å². The molecular formula is C14H18N2O4. The number of carboxylic acid groups (broad SMARTS) is 1. The molecule has 0 aliphatic heterocycles. The first-order chi connectivity index (χ1) is 9.49. The van der Waals surface area contributed by atoms with Crippen LogP contribution in [-0.2, 0) is 0 Å². The third kappa shape index (κ3) is 3.07. The van der Waals surface area contributed by atoms with E-state index in [-0.39, 0.29) is 11.3 Å². The van der Waals surface area contributed by atoms with Crippen molar-refractivity contribution < 1.29 is 14.8 Å². The van der Waals surface area contributed by atoms with Gasteiger partial charge in [-0.3, -0.25) is 10.1 Å². The van der Waals surface area contributed by atoms with Crippen molar-refractivity contribution in [3.05, 3.63) is 33.9 Å². The number of nitro benzene ring substituents is 1. The molecule has 0 saturated heterocycles. The van der Waals surface area contributed by atoms with Crippen LogP contribution in [0.5, 0.6) is 0 Å². The van der Waals surface area contributed by atoms with Crippen molar-refractivity contribution in [1.82, 2.24) is 0 Å². The third-order valence-electron chi connectivity index (χ3n) is 3.84. The van der Waals surface area contributed by atoms with Crippen LogP contribution in [0, 0.1) is 16.0 Å². The van der Waals surface area contributed by atoms with Crippen LogP contribution in [0.1, 0.15) is 36.0 Å². The van der Waals surface area contributed by atoms with Gasteiger partial charge in [0.25, 0.3) is 5.69 Å². The standard InChI is InChI=1S/C14H18N2O4/c1-15(9-10-4-2-3-5-10)12-7-6-11(14(17)18)8-13(12)16(19)20/h6-8,10H,2-5,9H2,1H3,(H,17,18). The van der Waals surface area contributed by atoms with E-state index >= 15 is 0 Å². The molecule has 108 valence electrons. The largest absolute Gasteiger partial charge is 0.478 e. The summed E-state index contributed by atoms with van der Waals surface area (Å²) in [5.41, 5.74) is 0.270. The minimum absolute atomic E-state index is 0.0604. The quantitative estimate of drug-likeness (QED) is 0.661. The lowest BCUT2D eigenvalue weighted by atomic mass is 10.1. The van der Waals surface area contributed by atoms with Gasteiger partial charge in [-0.15, -0.1) is 0 Å². The molecule has 1 fully saturated rings. The van der Waals surface area contributed by atoms with Crippen LogP contribution in [0.4, 0.5) is 11.4 Å². The molecule has 0 unspecified atom stereocenters. The van der Waals surface area contributed by atoms with Crippen LogP contribution >= 0.6 is 0 Å². The van der Waals surface area contributed by atoms with Gasteiger partial charge in [0.2, 0.25) is 0 Å². The van der Waals surface area contributed by atoms with E-state index in [2.05, 4.69) is 0 Å². The summed E-state index contributed by atoms with van der Waals surface area (Å²) >= 11 is 0. The highest BCUT2D eigenvalue weighted by Crippen LogP contribution is 2.32. The summed E-state index contributed by atoms with van der Waals surface area (Å²) in [4.78, 5) is 23.4. The van der Waals surface area contributed by atoms with E-state index in [9.17, 15) is 14.9 Å². The fraction of sp³-hybridized carbons (Fsp3) is 0.500. The van der Waals surface area contributed by atoms with Gasteiger partial charge in [-0.2, -0.15) is 0 Å². The fourth-order valence-electron chi connectivity index (χ4n) is 2.80. The molecule has 0 bridgehead atoms. The maximum atomic E-state index is 11.1. The normalized spacial score (nSPS) is 15.2. The molecule has 0 amide bonds. The number of anilines is 1. The van der Waals surface area contributed by atoms with E-state index in [4.69, 9.17) is 5.11 Å². The molecule has 0 spiro atoms. The summed E-state index contributed by atoms with van der Waals surface area (Å²) in [5, 5.41) is 20.0. The molecule has 6 nitrogen and oxygen atoms in total. The number of rotatable bonds is 5. The lowest BCUT2D eigenvalue weighted by Gasteiger charge is -2.22. The van der Waals surface area contributed by atoms with Gasteiger partial charge < -0.3 is 10.0 Å². The number of hydrogen-bond acceptors (Lipinski definition) is 4. The highest BCUT2D eigenvalue weighted by molar-refractivity contribution is 5.89. The molecular weight excluding hydrogens is 260 g/mol. The van der Waals surface area contributed by atoms with Gasteiger partial charge in [-0.25, -0.2) is 4.79 Å². The average molecular weight is 278 g/mol. The summed E-state index contributed by atoms with van der Waals surface area (Å²) in [7, 11) is 1.82. The highest BCUT2D eigenvalue weighted by atomic mass is 16.6. The maximum Gasteiger partial charge on any atom is 0.335 e. The van der Waals surface area contributed by atoms with Gasteiger partial charge in [0.15, 0.2) is 0 Å². The van der Waals surface area contributed by atoms with Gasteiger partial charge >= 0.3 is 5.97 Å². The molecule has 1 saturated carbocycles. The van der Waals surface area contributed by atoms with Crippen LogP contribution in [0.2, 0.25) is 0 Å². The second kappa shape index (κ2) is 5.90. The second-order valence-corrected chi connectivity index (χ2v) is 5.30. The van der Waals surface area contributed by atoms with Crippen molar-refractivity contribution >= 4 is 17.3 Å². The van der Waals surface area contributed by atoms with E-state index < -0.39 is 10.9 Å². The molecule has 1 aliphatic carbocycles. The molecule has 1 aromatic carbocycles. The Morgan fingerprint density at radius 3 is 2.65 bits per heavy atom. The number of aromatic carboxylic acids is 1. The number of nitro groups is 1. The number of nitrogens with zero attached hydrogens (tertiary/aromatic N) is 2. The molecule has 2 rings (SSSR count). The predicted molar refractivity (Wildman–Crippen MR) is 75.3 cm³/mol. The summed E-state index contributed by atoms with van der Waals surface area (Å²) in [6.07, 6.45) is 4.76.